The number of carbonyl (C=O) groups excluding carboxylic acids is 2. The summed E-state index contributed by atoms with van der Waals surface area (Å²) in [6, 6.07) is -1.42. The maximum absolute atomic E-state index is 11.4. The van der Waals surface area contributed by atoms with Gasteiger partial charge in [-0.05, 0) is 13.8 Å². The highest BCUT2D eigenvalue weighted by Crippen LogP contribution is 2.12. The van der Waals surface area contributed by atoms with Crippen molar-refractivity contribution in [3.63, 3.8) is 0 Å². The van der Waals surface area contributed by atoms with Gasteiger partial charge >= 0.3 is 6.03 Å². The lowest BCUT2D eigenvalue weighted by Gasteiger charge is -2.12. The molecule has 1 aromatic rings. The van der Waals surface area contributed by atoms with Gasteiger partial charge in [-0.15, -0.1) is 0 Å². The summed E-state index contributed by atoms with van der Waals surface area (Å²) in [4.78, 5) is 21.9. The molecule has 0 aromatic carbocycles. The number of nitrogens with one attached hydrogen (secondary N) is 2. The number of aromatic nitrogens is 2. The zero-order valence-electron chi connectivity index (χ0n) is 9.44. The molecule has 7 nitrogen and oxygen atoms in total. The van der Waals surface area contributed by atoms with E-state index in [0.717, 1.165) is 11.4 Å². The van der Waals surface area contributed by atoms with E-state index in [0.29, 0.717) is 0 Å². The number of aryl methyl sites for hydroxylation is 2. The molecule has 3 amide bonds. The van der Waals surface area contributed by atoms with Crippen molar-refractivity contribution >= 4 is 17.6 Å². The number of primary amides is 1. The maximum Gasteiger partial charge on any atom is 0.318 e. The Kier molecular flexibility index (Phi) is 3.49. The van der Waals surface area contributed by atoms with Crippen molar-refractivity contribution in [3.8, 4) is 0 Å². The van der Waals surface area contributed by atoms with Crippen LogP contribution in [0.25, 0.3) is 0 Å². The SMILES string of the molecule is Cc1nn(C)cc1NC(C)C(=O)NC(N)=O. The fourth-order valence-electron chi connectivity index (χ4n) is 1.27. The van der Waals surface area contributed by atoms with E-state index in [1.165, 1.54) is 0 Å². The van der Waals surface area contributed by atoms with Gasteiger partial charge in [0.1, 0.15) is 6.04 Å². The molecule has 0 spiro atoms. The van der Waals surface area contributed by atoms with Crippen molar-refractivity contribution in [2.75, 3.05) is 5.32 Å². The van der Waals surface area contributed by atoms with Crippen LogP contribution in [0.15, 0.2) is 6.20 Å². The van der Waals surface area contributed by atoms with Crippen LogP contribution in [-0.4, -0.2) is 27.8 Å². The van der Waals surface area contributed by atoms with E-state index in [4.69, 9.17) is 5.73 Å². The third-order valence-corrected chi connectivity index (χ3v) is 2.03. The molecule has 0 radical (unpaired) electrons. The second-order valence-corrected chi connectivity index (χ2v) is 3.52. The van der Waals surface area contributed by atoms with Crippen LogP contribution in [-0.2, 0) is 11.8 Å². The summed E-state index contributed by atoms with van der Waals surface area (Å²) < 4.78 is 1.64. The maximum atomic E-state index is 11.4. The van der Waals surface area contributed by atoms with Crippen LogP contribution in [0.5, 0.6) is 0 Å². The highest BCUT2D eigenvalue weighted by Gasteiger charge is 2.15. The number of nitrogens with zero attached hydrogens (tertiary/aromatic N) is 2. The zero-order valence-corrected chi connectivity index (χ0v) is 9.44. The van der Waals surface area contributed by atoms with E-state index in [1.54, 1.807) is 24.9 Å². The molecule has 1 heterocycles. The van der Waals surface area contributed by atoms with Crippen LogP contribution < -0.4 is 16.4 Å². The van der Waals surface area contributed by atoms with Crippen LogP contribution in [0.2, 0.25) is 0 Å². The van der Waals surface area contributed by atoms with E-state index in [1.807, 2.05) is 12.2 Å². The molecule has 88 valence electrons. The summed E-state index contributed by atoms with van der Waals surface area (Å²) in [7, 11) is 1.78. The third-order valence-electron chi connectivity index (χ3n) is 2.03. The molecule has 0 saturated heterocycles. The number of imide groups is 1. The predicted molar refractivity (Wildman–Crippen MR) is 58.8 cm³/mol. The molecular weight excluding hydrogens is 210 g/mol. The molecule has 0 aliphatic heterocycles. The van der Waals surface area contributed by atoms with Gasteiger partial charge < -0.3 is 11.1 Å². The van der Waals surface area contributed by atoms with E-state index >= 15 is 0 Å². The number of hydrogen-bond donors (Lipinski definition) is 3. The van der Waals surface area contributed by atoms with Crippen LogP contribution in [0.4, 0.5) is 10.5 Å². The average Bonchev–Trinajstić information content (AvgIpc) is 2.43. The molecule has 1 rings (SSSR count). The second kappa shape index (κ2) is 4.65. The standard InChI is InChI=1S/C9H15N5O2/c1-5-7(4-14(3)13-5)11-6(2)8(15)12-9(10)16/h4,6,11H,1-3H3,(H3,10,12,15,16). The number of anilines is 1. The Morgan fingerprint density at radius 1 is 1.56 bits per heavy atom. The highest BCUT2D eigenvalue weighted by molar-refractivity contribution is 5.97. The minimum Gasteiger partial charge on any atom is -0.371 e. The Bertz CT molecular complexity index is 412. The van der Waals surface area contributed by atoms with Crippen LogP contribution in [0.1, 0.15) is 12.6 Å². The van der Waals surface area contributed by atoms with Crippen molar-refractivity contribution in [3.05, 3.63) is 11.9 Å². The molecule has 0 fully saturated rings. The Balaban J connectivity index is 2.64. The second-order valence-electron chi connectivity index (χ2n) is 3.52. The summed E-state index contributed by atoms with van der Waals surface area (Å²) in [5.41, 5.74) is 6.37. The van der Waals surface area contributed by atoms with E-state index in [9.17, 15) is 9.59 Å². The van der Waals surface area contributed by atoms with Gasteiger partial charge in [-0.1, -0.05) is 0 Å². The van der Waals surface area contributed by atoms with Gasteiger partial charge in [0.2, 0.25) is 5.91 Å². The van der Waals surface area contributed by atoms with Crippen LogP contribution >= 0.6 is 0 Å². The quantitative estimate of drug-likeness (QED) is 0.658. The van der Waals surface area contributed by atoms with Crippen molar-refractivity contribution in [1.82, 2.24) is 15.1 Å². The van der Waals surface area contributed by atoms with Gasteiger partial charge in [-0.25, -0.2) is 4.79 Å². The van der Waals surface area contributed by atoms with Gasteiger partial charge in [-0.2, -0.15) is 5.10 Å². The molecule has 0 aliphatic carbocycles. The molecule has 16 heavy (non-hydrogen) atoms. The number of rotatable bonds is 3. The van der Waals surface area contributed by atoms with E-state index < -0.39 is 18.0 Å². The lowest BCUT2D eigenvalue weighted by Crippen LogP contribution is -2.43. The number of nitrogens with two attached hydrogens (primary N) is 1. The van der Waals surface area contributed by atoms with Crippen LogP contribution in [0, 0.1) is 6.92 Å². The molecule has 7 heteroatoms. The summed E-state index contributed by atoms with van der Waals surface area (Å²) >= 11 is 0. The fourth-order valence-corrected chi connectivity index (χ4v) is 1.27. The number of urea groups is 1. The monoisotopic (exact) mass is 225 g/mol. The predicted octanol–water partition coefficient (Wildman–Crippen LogP) is -0.276. The summed E-state index contributed by atoms with van der Waals surface area (Å²) in [5.74, 6) is -0.476. The molecule has 4 N–H and O–H groups in total. The highest BCUT2D eigenvalue weighted by atomic mass is 16.2. The minimum atomic E-state index is -0.860. The largest absolute Gasteiger partial charge is 0.371 e. The fraction of sp³-hybridized carbons (Fsp3) is 0.444. The summed E-state index contributed by atoms with van der Waals surface area (Å²) in [6.07, 6.45) is 1.75. The van der Waals surface area contributed by atoms with Gasteiger partial charge in [0.05, 0.1) is 11.4 Å². The molecule has 1 atom stereocenters. The smallest absolute Gasteiger partial charge is 0.318 e. The normalized spacial score (nSPS) is 11.9. The lowest BCUT2D eigenvalue weighted by molar-refractivity contribution is -0.120. The number of carbonyl (C=O) groups is 2. The third kappa shape index (κ3) is 2.97. The van der Waals surface area contributed by atoms with E-state index in [-0.39, 0.29) is 0 Å². The van der Waals surface area contributed by atoms with E-state index in [2.05, 4.69) is 10.4 Å². The zero-order chi connectivity index (χ0) is 12.3. The molecule has 0 saturated carbocycles. The average molecular weight is 225 g/mol. The molecular formula is C9H15N5O2. The summed E-state index contributed by atoms with van der Waals surface area (Å²) in [5, 5.41) is 9.05. The number of hydrogen-bond acceptors (Lipinski definition) is 4. The molecule has 0 aliphatic rings. The topological polar surface area (TPSA) is 102 Å². The van der Waals surface area contributed by atoms with Gasteiger partial charge in [-0.3, -0.25) is 14.8 Å². The Morgan fingerprint density at radius 2 is 2.19 bits per heavy atom. The van der Waals surface area contributed by atoms with Gasteiger partial charge in [0.15, 0.2) is 0 Å². The van der Waals surface area contributed by atoms with Gasteiger partial charge in [0.25, 0.3) is 0 Å². The Hall–Kier alpha value is -2.05. The van der Waals surface area contributed by atoms with Gasteiger partial charge in [0, 0.05) is 13.2 Å². The Morgan fingerprint density at radius 3 is 2.62 bits per heavy atom. The first-order valence-electron chi connectivity index (χ1n) is 4.77. The first-order valence-corrected chi connectivity index (χ1v) is 4.77. The lowest BCUT2D eigenvalue weighted by atomic mass is 10.3. The summed E-state index contributed by atoms with van der Waals surface area (Å²) in [6.45, 7) is 3.45. The minimum absolute atomic E-state index is 0.476. The van der Waals surface area contributed by atoms with Crippen molar-refractivity contribution in [2.45, 2.75) is 19.9 Å². The first-order chi connectivity index (χ1) is 7.40. The Labute approximate surface area is 93.0 Å². The molecule has 0 bridgehead atoms. The van der Waals surface area contributed by atoms with Crippen LogP contribution in [0.3, 0.4) is 0 Å². The molecule has 1 unspecified atom stereocenters. The first kappa shape index (κ1) is 12.0. The van der Waals surface area contributed by atoms with Crippen molar-refractivity contribution < 1.29 is 9.59 Å². The van der Waals surface area contributed by atoms with Crippen molar-refractivity contribution in [2.24, 2.45) is 12.8 Å². The molecule has 1 aromatic heterocycles. The van der Waals surface area contributed by atoms with Crippen molar-refractivity contribution in [1.29, 1.82) is 0 Å². The number of amides is 3.